The number of piperazine rings is 1. The van der Waals surface area contributed by atoms with Crippen LogP contribution in [-0.4, -0.2) is 46.5 Å². The van der Waals surface area contributed by atoms with Gasteiger partial charge < -0.3 is 14.4 Å². The van der Waals surface area contributed by atoms with Crippen LogP contribution in [0, 0.1) is 6.92 Å². The fourth-order valence-corrected chi connectivity index (χ4v) is 3.51. The van der Waals surface area contributed by atoms with Gasteiger partial charge in [0.1, 0.15) is 5.82 Å². The third-order valence-electron chi connectivity index (χ3n) is 5.17. The average Bonchev–Trinajstić information content (AvgIpc) is 3.13. The lowest BCUT2D eigenvalue weighted by molar-refractivity contribution is 0.0747. The maximum absolute atomic E-state index is 12.8. The number of rotatable bonds is 4. The second-order valence-electron chi connectivity index (χ2n) is 6.91. The molecule has 1 aromatic heterocycles. The van der Waals surface area contributed by atoms with Crippen LogP contribution in [0.3, 0.4) is 0 Å². The highest BCUT2D eigenvalue weighted by Crippen LogP contribution is 2.17. The zero-order valence-corrected chi connectivity index (χ0v) is 15.6. The summed E-state index contributed by atoms with van der Waals surface area (Å²) >= 11 is 0. The molecular formula is C22H24N4O. The van der Waals surface area contributed by atoms with Gasteiger partial charge in [-0.15, -0.1) is 0 Å². The Balaban J connectivity index is 1.36. The second kappa shape index (κ2) is 7.66. The molecule has 0 bridgehead atoms. The largest absolute Gasteiger partial charge is 0.368 e. The topological polar surface area (TPSA) is 41.4 Å². The Morgan fingerprint density at radius 3 is 2.30 bits per heavy atom. The van der Waals surface area contributed by atoms with E-state index in [1.165, 1.54) is 11.3 Å². The van der Waals surface area contributed by atoms with Crippen LogP contribution in [0.4, 0.5) is 5.69 Å². The summed E-state index contributed by atoms with van der Waals surface area (Å²) in [5, 5.41) is 0. The summed E-state index contributed by atoms with van der Waals surface area (Å²) in [6, 6.07) is 18.3. The molecule has 138 valence electrons. The van der Waals surface area contributed by atoms with Crippen LogP contribution in [0.15, 0.2) is 67.0 Å². The molecule has 1 amide bonds. The molecule has 3 aromatic rings. The van der Waals surface area contributed by atoms with Crippen LogP contribution in [0.1, 0.15) is 21.7 Å². The van der Waals surface area contributed by atoms with Crippen LogP contribution in [-0.2, 0) is 6.54 Å². The molecule has 0 aliphatic carbocycles. The Morgan fingerprint density at radius 2 is 1.67 bits per heavy atom. The van der Waals surface area contributed by atoms with Crippen LogP contribution >= 0.6 is 0 Å². The molecule has 1 aliphatic heterocycles. The van der Waals surface area contributed by atoms with Gasteiger partial charge in [0.05, 0.1) is 0 Å². The molecule has 1 aliphatic rings. The fourth-order valence-electron chi connectivity index (χ4n) is 3.51. The minimum atomic E-state index is 0.119. The van der Waals surface area contributed by atoms with E-state index in [0.717, 1.165) is 44.1 Å². The maximum atomic E-state index is 12.8. The first-order valence-corrected chi connectivity index (χ1v) is 9.37. The number of nitrogens with zero attached hydrogens (tertiary/aromatic N) is 4. The van der Waals surface area contributed by atoms with E-state index in [4.69, 9.17) is 0 Å². The van der Waals surface area contributed by atoms with E-state index < -0.39 is 0 Å². The monoisotopic (exact) mass is 360 g/mol. The molecule has 1 fully saturated rings. The third-order valence-corrected chi connectivity index (χ3v) is 5.17. The van der Waals surface area contributed by atoms with E-state index in [0.29, 0.717) is 0 Å². The number of hydrogen-bond acceptors (Lipinski definition) is 3. The molecule has 1 saturated heterocycles. The van der Waals surface area contributed by atoms with Crippen molar-refractivity contribution in [2.75, 3.05) is 31.1 Å². The van der Waals surface area contributed by atoms with Gasteiger partial charge in [0.2, 0.25) is 0 Å². The van der Waals surface area contributed by atoms with E-state index >= 15 is 0 Å². The van der Waals surface area contributed by atoms with Crippen molar-refractivity contribution in [1.29, 1.82) is 0 Å². The third kappa shape index (κ3) is 3.87. The molecule has 0 spiro atoms. The first-order chi connectivity index (χ1) is 13.2. The molecule has 0 radical (unpaired) electrons. The Hall–Kier alpha value is -3.08. The Labute approximate surface area is 159 Å². The van der Waals surface area contributed by atoms with Crippen molar-refractivity contribution in [2.24, 2.45) is 0 Å². The molecule has 0 unspecified atom stereocenters. The highest BCUT2D eigenvalue weighted by Gasteiger charge is 2.22. The Kier molecular flexibility index (Phi) is 4.92. The summed E-state index contributed by atoms with van der Waals surface area (Å²) in [4.78, 5) is 21.3. The number of carbonyl (C=O) groups is 1. The average molecular weight is 360 g/mol. The number of amides is 1. The lowest BCUT2D eigenvalue weighted by Gasteiger charge is -2.36. The highest BCUT2D eigenvalue weighted by atomic mass is 16.2. The molecule has 0 saturated carbocycles. The molecule has 2 aromatic carbocycles. The number of benzene rings is 2. The molecule has 5 nitrogen and oxygen atoms in total. The number of aryl methyl sites for hydroxylation is 1. The number of anilines is 1. The summed E-state index contributed by atoms with van der Waals surface area (Å²) < 4.78 is 2.10. The summed E-state index contributed by atoms with van der Waals surface area (Å²) in [6.45, 7) is 6.01. The quantitative estimate of drug-likeness (QED) is 0.717. The fraction of sp³-hybridized carbons (Fsp3) is 0.273. The summed E-state index contributed by atoms with van der Waals surface area (Å²) in [7, 11) is 0. The van der Waals surface area contributed by atoms with Gasteiger partial charge in [-0.05, 0) is 36.8 Å². The van der Waals surface area contributed by atoms with Crippen molar-refractivity contribution < 1.29 is 4.79 Å². The summed E-state index contributed by atoms with van der Waals surface area (Å²) in [5.41, 5.74) is 3.15. The zero-order chi connectivity index (χ0) is 18.6. The number of aromatic nitrogens is 2. The lowest BCUT2D eigenvalue weighted by atomic mass is 10.1. The minimum absolute atomic E-state index is 0.119. The molecule has 5 heteroatoms. The van der Waals surface area contributed by atoms with E-state index in [-0.39, 0.29) is 5.91 Å². The van der Waals surface area contributed by atoms with Crippen molar-refractivity contribution in [3.05, 3.63) is 83.9 Å². The van der Waals surface area contributed by atoms with Gasteiger partial charge in [0, 0.05) is 56.4 Å². The van der Waals surface area contributed by atoms with Crippen molar-refractivity contribution in [3.8, 4) is 0 Å². The van der Waals surface area contributed by atoms with E-state index in [9.17, 15) is 4.79 Å². The molecule has 4 rings (SSSR count). The predicted molar refractivity (Wildman–Crippen MR) is 107 cm³/mol. The Bertz CT molecular complexity index is 894. The second-order valence-corrected chi connectivity index (χ2v) is 6.91. The zero-order valence-electron chi connectivity index (χ0n) is 15.6. The normalized spacial score (nSPS) is 14.4. The van der Waals surface area contributed by atoms with Crippen molar-refractivity contribution in [2.45, 2.75) is 13.5 Å². The molecule has 0 N–H and O–H groups in total. The molecular weight excluding hydrogens is 336 g/mol. The first kappa shape index (κ1) is 17.3. The van der Waals surface area contributed by atoms with E-state index in [2.05, 4.69) is 38.7 Å². The summed E-state index contributed by atoms with van der Waals surface area (Å²) in [5.74, 6) is 1.11. The first-order valence-electron chi connectivity index (χ1n) is 9.37. The Morgan fingerprint density at radius 1 is 0.963 bits per heavy atom. The van der Waals surface area contributed by atoms with E-state index in [1.54, 1.807) is 0 Å². The molecule has 27 heavy (non-hydrogen) atoms. The van der Waals surface area contributed by atoms with Crippen LogP contribution in [0.2, 0.25) is 0 Å². The van der Waals surface area contributed by atoms with Gasteiger partial charge in [-0.2, -0.15) is 0 Å². The number of imidazole rings is 1. The smallest absolute Gasteiger partial charge is 0.253 e. The highest BCUT2D eigenvalue weighted by molar-refractivity contribution is 5.94. The van der Waals surface area contributed by atoms with Gasteiger partial charge in [0.15, 0.2) is 0 Å². The SMILES string of the molecule is Cc1nccn1Cc1ccc(C(=O)N2CCN(c3ccccc3)CC2)cc1. The van der Waals surface area contributed by atoms with Gasteiger partial charge in [-0.1, -0.05) is 30.3 Å². The number of carbonyl (C=O) groups excluding carboxylic acids is 1. The van der Waals surface area contributed by atoms with Crippen LogP contribution in [0.25, 0.3) is 0 Å². The minimum Gasteiger partial charge on any atom is -0.368 e. The van der Waals surface area contributed by atoms with Gasteiger partial charge >= 0.3 is 0 Å². The molecule has 2 heterocycles. The van der Waals surface area contributed by atoms with Gasteiger partial charge in [-0.3, -0.25) is 4.79 Å². The number of hydrogen-bond donors (Lipinski definition) is 0. The predicted octanol–water partition coefficient (Wildman–Crippen LogP) is 3.20. The van der Waals surface area contributed by atoms with E-state index in [1.807, 2.05) is 54.5 Å². The molecule has 0 atom stereocenters. The van der Waals surface area contributed by atoms with Crippen LogP contribution in [0.5, 0.6) is 0 Å². The van der Waals surface area contributed by atoms with Gasteiger partial charge in [-0.25, -0.2) is 4.98 Å². The van der Waals surface area contributed by atoms with Crippen molar-refractivity contribution in [3.63, 3.8) is 0 Å². The summed E-state index contributed by atoms with van der Waals surface area (Å²) in [6.07, 6.45) is 3.78. The van der Waals surface area contributed by atoms with Gasteiger partial charge in [0.25, 0.3) is 5.91 Å². The van der Waals surface area contributed by atoms with Crippen molar-refractivity contribution in [1.82, 2.24) is 14.5 Å². The number of para-hydroxylation sites is 1. The van der Waals surface area contributed by atoms with Crippen molar-refractivity contribution >= 4 is 11.6 Å². The lowest BCUT2D eigenvalue weighted by Crippen LogP contribution is -2.48. The maximum Gasteiger partial charge on any atom is 0.253 e. The van der Waals surface area contributed by atoms with Crippen LogP contribution < -0.4 is 4.90 Å². The standard InChI is InChI=1S/C22H24N4O/c1-18-23-11-12-26(18)17-19-7-9-20(10-8-19)22(27)25-15-13-24(14-16-25)21-5-3-2-4-6-21/h2-12H,13-17H2,1H3.